The van der Waals surface area contributed by atoms with Crippen LogP contribution in [0.1, 0.15) is 5.56 Å². The Morgan fingerprint density at radius 1 is 1.44 bits per heavy atom. The molecule has 0 radical (unpaired) electrons. The first kappa shape index (κ1) is 12.1. The molecule has 0 aliphatic heterocycles. The van der Waals surface area contributed by atoms with Crippen molar-refractivity contribution in [3.05, 3.63) is 43.0 Å². The third-order valence-electron chi connectivity index (χ3n) is 1.72. The van der Waals surface area contributed by atoms with Gasteiger partial charge in [0.2, 0.25) is 0 Å². The second-order valence-electron chi connectivity index (χ2n) is 2.75. The molecule has 6 heteroatoms. The maximum Gasteiger partial charge on any atom is 0.283 e. The zero-order valence-electron chi connectivity index (χ0n) is 7.85. The molecular formula is C10H4IN3O2. The highest BCUT2D eigenvalue weighted by atomic mass is 127. The Balaban J connectivity index is 3.26. The first-order chi connectivity index (χ1) is 7.58. The summed E-state index contributed by atoms with van der Waals surface area (Å²) in [6.45, 7) is 0. The largest absolute Gasteiger partial charge is 0.283 e. The average Bonchev–Trinajstić information content (AvgIpc) is 2.27. The molecule has 5 nitrogen and oxygen atoms in total. The number of nitrogens with zero attached hydrogens (tertiary/aromatic N) is 3. The molecule has 16 heavy (non-hydrogen) atoms. The van der Waals surface area contributed by atoms with Crippen molar-refractivity contribution in [2.75, 3.05) is 0 Å². The first-order valence-corrected chi connectivity index (χ1v) is 5.12. The van der Waals surface area contributed by atoms with E-state index in [1.807, 2.05) is 22.6 Å². The quantitative estimate of drug-likeness (QED) is 0.362. The lowest BCUT2D eigenvalue weighted by Crippen LogP contribution is -1.91. The number of benzene rings is 1. The van der Waals surface area contributed by atoms with Crippen molar-refractivity contribution >= 4 is 34.4 Å². The molecule has 0 aliphatic rings. The molecule has 0 fully saturated rings. The SMILES string of the molecule is N#CC(C#N)=Cc1ccc(I)c([N+](=O)[O-])c1. The number of hydrogen-bond donors (Lipinski definition) is 0. The van der Waals surface area contributed by atoms with E-state index in [4.69, 9.17) is 10.5 Å². The van der Waals surface area contributed by atoms with Crippen molar-refractivity contribution in [1.29, 1.82) is 10.5 Å². The smallest absolute Gasteiger partial charge is 0.258 e. The molecule has 0 N–H and O–H groups in total. The van der Waals surface area contributed by atoms with Gasteiger partial charge in [0.15, 0.2) is 0 Å². The third kappa shape index (κ3) is 2.78. The van der Waals surface area contributed by atoms with Crippen LogP contribution in [0.2, 0.25) is 0 Å². The van der Waals surface area contributed by atoms with Gasteiger partial charge in [0.05, 0.1) is 8.49 Å². The Hall–Kier alpha value is -1.93. The molecular weight excluding hydrogens is 321 g/mol. The van der Waals surface area contributed by atoms with Gasteiger partial charge < -0.3 is 0 Å². The van der Waals surface area contributed by atoms with Crippen LogP contribution in [0.3, 0.4) is 0 Å². The molecule has 0 amide bonds. The molecule has 0 unspecified atom stereocenters. The standard InChI is InChI=1S/C10H4IN3O2/c11-9-2-1-7(3-8(5-12)6-13)4-10(9)14(15)16/h1-4H. The zero-order chi connectivity index (χ0) is 12.1. The Morgan fingerprint density at radius 3 is 2.56 bits per heavy atom. The molecule has 0 atom stereocenters. The van der Waals surface area contributed by atoms with Crippen LogP contribution in [0, 0.1) is 36.3 Å². The minimum atomic E-state index is -0.502. The second kappa shape index (κ2) is 5.24. The predicted molar refractivity (Wildman–Crippen MR) is 65.0 cm³/mol. The van der Waals surface area contributed by atoms with Gasteiger partial charge in [-0.25, -0.2) is 0 Å². The van der Waals surface area contributed by atoms with Gasteiger partial charge in [-0.15, -0.1) is 0 Å². The second-order valence-corrected chi connectivity index (χ2v) is 3.91. The number of halogens is 1. The number of nitro groups is 1. The van der Waals surface area contributed by atoms with Crippen molar-refractivity contribution in [1.82, 2.24) is 0 Å². The molecule has 1 aromatic rings. The van der Waals surface area contributed by atoms with Crippen LogP contribution in [0.4, 0.5) is 5.69 Å². The molecule has 0 aromatic heterocycles. The van der Waals surface area contributed by atoms with Gasteiger partial charge in [-0.2, -0.15) is 10.5 Å². The Kier molecular flexibility index (Phi) is 3.97. The van der Waals surface area contributed by atoms with Gasteiger partial charge in [-0.05, 0) is 40.3 Å². The van der Waals surface area contributed by atoms with Crippen molar-refractivity contribution in [2.45, 2.75) is 0 Å². The van der Waals surface area contributed by atoms with Crippen LogP contribution in [0.15, 0.2) is 23.8 Å². The van der Waals surface area contributed by atoms with Crippen LogP contribution in [-0.2, 0) is 0 Å². The van der Waals surface area contributed by atoms with E-state index in [0.29, 0.717) is 9.13 Å². The van der Waals surface area contributed by atoms with Gasteiger partial charge in [0.1, 0.15) is 17.7 Å². The maximum atomic E-state index is 10.6. The highest BCUT2D eigenvalue weighted by Crippen LogP contribution is 2.23. The van der Waals surface area contributed by atoms with Crippen molar-refractivity contribution in [3.8, 4) is 12.1 Å². The average molecular weight is 325 g/mol. The third-order valence-corrected chi connectivity index (χ3v) is 2.63. The fraction of sp³-hybridized carbons (Fsp3) is 0. The minimum Gasteiger partial charge on any atom is -0.258 e. The lowest BCUT2D eigenvalue weighted by molar-refractivity contribution is -0.385. The van der Waals surface area contributed by atoms with Crippen LogP contribution >= 0.6 is 22.6 Å². The maximum absolute atomic E-state index is 10.6. The van der Waals surface area contributed by atoms with Crippen molar-refractivity contribution < 1.29 is 4.92 Å². The van der Waals surface area contributed by atoms with Gasteiger partial charge in [0, 0.05) is 6.07 Å². The van der Waals surface area contributed by atoms with Gasteiger partial charge in [-0.3, -0.25) is 10.1 Å². The minimum absolute atomic E-state index is 0.0374. The van der Waals surface area contributed by atoms with Gasteiger partial charge >= 0.3 is 0 Å². The zero-order valence-corrected chi connectivity index (χ0v) is 10.0. The summed E-state index contributed by atoms with van der Waals surface area (Å²) in [5.74, 6) is 0. The molecule has 1 aromatic carbocycles. The predicted octanol–water partition coefficient (Wildman–Crippen LogP) is 2.63. The molecule has 0 bridgehead atoms. The van der Waals surface area contributed by atoms with E-state index in [9.17, 15) is 10.1 Å². The van der Waals surface area contributed by atoms with Crippen LogP contribution < -0.4 is 0 Å². The molecule has 0 saturated carbocycles. The summed E-state index contributed by atoms with van der Waals surface area (Å²) in [7, 11) is 0. The summed E-state index contributed by atoms with van der Waals surface area (Å²) < 4.78 is 0.509. The van der Waals surface area contributed by atoms with Gasteiger partial charge in [-0.1, -0.05) is 6.07 Å². The van der Waals surface area contributed by atoms with Crippen molar-refractivity contribution in [2.24, 2.45) is 0 Å². The van der Waals surface area contributed by atoms with E-state index in [1.54, 1.807) is 24.3 Å². The lowest BCUT2D eigenvalue weighted by atomic mass is 10.1. The molecule has 1 rings (SSSR count). The van der Waals surface area contributed by atoms with E-state index in [2.05, 4.69) is 0 Å². The normalized spacial score (nSPS) is 8.69. The summed E-state index contributed by atoms with van der Waals surface area (Å²) in [4.78, 5) is 10.1. The molecule has 0 aliphatic carbocycles. The fourth-order valence-electron chi connectivity index (χ4n) is 1.02. The van der Waals surface area contributed by atoms with Crippen LogP contribution in [0.5, 0.6) is 0 Å². The number of nitriles is 2. The van der Waals surface area contributed by atoms with E-state index >= 15 is 0 Å². The Morgan fingerprint density at radius 2 is 2.06 bits per heavy atom. The van der Waals surface area contributed by atoms with Crippen molar-refractivity contribution in [3.63, 3.8) is 0 Å². The first-order valence-electron chi connectivity index (χ1n) is 4.04. The Bertz CT molecular complexity index is 536. The topological polar surface area (TPSA) is 90.7 Å². The summed E-state index contributed by atoms with van der Waals surface area (Å²) >= 11 is 1.85. The summed E-state index contributed by atoms with van der Waals surface area (Å²) in [5, 5.41) is 27.7. The molecule has 0 saturated heterocycles. The Labute approximate surface area is 105 Å². The van der Waals surface area contributed by atoms with E-state index in [0.717, 1.165) is 0 Å². The highest BCUT2D eigenvalue weighted by molar-refractivity contribution is 14.1. The molecule has 78 valence electrons. The number of rotatable bonds is 2. The molecule has 0 heterocycles. The number of hydrogen-bond acceptors (Lipinski definition) is 4. The van der Waals surface area contributed by atoms with E-state index < -0.39 is 4.92 Å². The van der Waals surface area contributed by atoms with Gasteiger partial charge in [0.25, 0.3) is 5.69 Å². The summed E-state index contributed by atoms with van der Waals surface area (Å²) in [6.07, 6.45) is 1.31. The van der Waals surface area contributed by atoms with E-state index in [1.165, 1.54) is 12.1 Å². The summed E-state index contributed by atoms with van der Waals surface area (Å²) in [5.41, 5.74) is 0.338. The van der Waals surface area contributed by atoms with Crippen LogP contribution in [0.25, 0.3) is 6.08 Å². The van der Waals surface area contributed by atoms with Crippen LogP contribution in [-0.4, -0.2) is 4.92 Å². The molecule has 0 spiro atoms. The highest BCUT2D eigenvalue weighted by Gasteiger charge is 2.11. The summed E-state index contributed by atoms with van der Waals surface area (Å²) in [6, 6.07) is 7.89. The monoisotopic (exact) mass is 325 g/mol. The van der Waals surface area contributed by atoms with E-state index in [-0.39, 0.29) is 11.3 Å². The lowest BCUT2D eigenvalue weighted by Gasteiger charge is -1.97. The number of nitro benzene ring substituents is 1. The number of allylic oxidation sites excluding steroid dienone is 1. The fourth-order valence-corrected chi connectivity index (χ4v) is 1.55.